The molecule has 0 aliphatic carbocycles. The molecule has 0 fully saturated rings. The number of hydrogen-bond donors (Lipinski definition) is 1. The van der Waals surface area contributed by atoms with E-state index >= 15 is 0 Å². The number of thioether (sulfide) groups is 1. The van der Waals surface area contributed by atoms with Gasteiger partial charge in [-0.25, -0.2) is 4.98 Å². The zero-order valence-corrected chi connectivity index (χ0v) is 14.2. The summed E-state index contributed by atoms with van der Waals surface area (Å²) in [6, 6.07) is 0. The van der Waals surface area contributed by atoms with Crippen molar-refractivity contribution in [3.05, 3.63) is 43.1 Å². The topological polar surface area (TPSA) is 107 Å². The second-order valence-corrected chi connectivity index (χ2v) is 7.17. The number of thiophene rings is 1. The summed E-state index contributed by atoms with van der Waals surface area (Å²) >= 11 is 2.70. The zero-order valence-electron chi connectivity index (χ0n) is 12.6. The highest BCUT2D eigenvalue weighted by Gasteiger charge is 2.21. The summed E-state index contributed by atoms with van der Waals surface area (Å²) in [6.07, 6.45) is 1.39. The monoisotopic (exact) mass is 351 g/mol. The lowest BCUT2D eigenvalue weighted by atomic mass is 10.2. The number of fused-ring (bicyclic) bond motifs is 1. The Kier molecular flexibility index (Phi) is 3.94. The maximum absolute atomic E-state index is 12.2. The fourth-order valence-electron chi connectivity index (χ4n) is 2.20. The largest absolute Gasteiger partial charge is 0.395 e. The van der Waals surface area contributed by atoms with Crippen LogP contribution in [0.1, 0.15) is 16.3 Å². The zero-order chi connectivity index (χ0) is 16.7. The summed E-state index contributed by atoms with van der Waals surface area (Å²) in [4.78, 5) is 35.4. The van der Waals surface area contributed by atoms with E-state index in [1.807, 2.05) is 13.8 Å². The molecule has 0 atom stereocenters. The van der Waals surface area contributed by atoms with Crippen LogP contribution in [0.25, 0.3) is 10.2 Å². The highest BCUT2D eigenvalue weighted by molar-refractivity contribution is 7.98. The van der Waals surface area contributed by atoms with E-state index in [1.165, 1.54) is 29.4 Å². The van der Waals surface area contributed by atoms with Crippen LogP contribution in [-0.2, 0) is 12.8 Å². The van der Waals surface area contributed by atoms with Crippen molar-refractivity contribution < 1.29 is 4.92 Å². The van der Waals surface area contributed by atoms with Gasteiger partial charge in [0.15, 0.2) is 5.03 Å². The predicted octanol–water partition coefficient (Wildman–Crippen LogP) is 2.54. The minimum absolute atomic E-state index is 0.174. The molecule has 3 rings (SSSR count). The van der Waals surface area contributed by atoms with Crippen LogP contribution >= 0.6 is 23.1 Å². The lowest BCUT2D eigenvalue weighted by Crippen LogP contribution is -2.11. The van der Waals surface area contributed by atoms with Gasteiger partial charge in [0.2, 0.25) is 6.33 Å². The number of H-pyrrole nitrogens is 1. The van der Waals surface area contributed by atoms with E-state index in [1.54, 1.807) is 11.6 Å². The second kappa shape index (κ2) is 5.78. The third-order valence-electron chi connectivity index (χ3n) is 3.47. The Morgan fingerprint density at radius 1 is 1.48 bits per heavy atom. The van der Waals surface area contributed by atoms with Gasteiger partial charge in [0.1, 0.15) is 10.7 Å². The lowest BCUT2D eigenvalue weighted by Gasteiger charge is -2.02. The summed E-state index contributed by atoms with van der Waals surface area (Å²) < 4.78 is 1.58. The van der Waals surface area contributed by atoms with Gasteiger partial charge in [-0.2, -0.15) is 0 Å². The number of aromatic nitrogens is 4. The van der Waals surface area contributed by atoms with Gasteiger partial charge in [0.25, 0.3) is 5.56 Å². The molecule has 0 aliphatic rings. The summed E-state index contributed by atoms with van der Waals surface area (Å²) in [5, 5.41) is 12.0. The first kappa shape index (κ1) is 15.7. The van der Waals surface area contributed by atoms with E-state index < -0.39 is 4.92 Å². The maximum atomic E-state index is 12.2. The van der Waals surface area contributed by atoms with Gasteiger partial charge in [0, 0.05) is 11.9 Å². The molecule has 8 nitrogen and oxygen atoms in total. The van der Waals surface area contributed by atoms with Crippen molar-refractivity contribution in [2.75, 3.05) is 0 Å². The van der Waals surface area contributed by atoms with Crippen molar-refractivity contribution in [2.45, 2.75) is 24.6 Å². The molecule has 120 valence electrons. The highest BCUT2D eigenvalue weighted by atomic mass is 32.2. The van der Waals surface area contributed by atoms with E-state index in [4.69, 9.17) is 0 Å². The number of hydrogen-bond acceptors (Lipinski definition) is 7. The first-order valence-corrected chi connectivity index (χ1v) is 8.46. The van der Waals surface area contributed by atoms with Crippen molar-refractivity contribution in [1.82, 2.24) is 19.5 Å². The Bertz CT molecular complexity index is 972. The van der Waals surface area contributed by atoms with Gasteiger partial charge >= 0.3 is 5.82 Å². The Hall–Kier alpha value is -2.20. The Labute approximate surface area is 138 Å². The van der Waals surface area contributed by atoms with Crippen LogP contribution in [0.4, 0.5) is 5.82 Å². The number of nitrogens with zero attached hydrogens (tertiary/aromatic N) is 4. The van der Waals surface area contributed by atoms with E-state index in [-0.39, 0.29) is 11.4 Å². The van der Waals surface area contributed by atoms with Crippen molar-refractivity contribution >= 4 is 39.1 Å². The fourth-order valence-corrected chi connectivity index (χ4v) is 4.17. The molecule has 0 aromatic carbocycles. The molecule has 3 aromatic rings. The van der Waals surface area contributed by atoms with Gasteiger partial charge in [-0.15, -0.1) is 11.3 Å². The van der Waals surface area contributed by atoms with E-state index in [2.05, 4.69) is 15.0 Å². The fraction of sp³-hybridized carbons (Fsp3) is 0.308. The van der Waals surface area contributed by atoms with Crippen molar-refractivity contribution in [3.63, 3.8) is 0 Å². The number of nitrogens with one attached hydrogen (secondary N) is 1. The molecular formula is C13H13N5O3S2. The molecule has 0 aliphatic heterocycles. The minimum Gasteiger partial charge on any atom is -0.358 e. The molecular weight excluding hydrogens is 338 g/mol. The van der Waals surface area contributed by atoms with Gasteiger partial charge < -0.3 is 19.7 Å². The average molecular weight is 351 g/mol. The first-order chi connectivity index (χ1) is 10.9. The number of aryl methyl sites for hydroxylation is 3. The normalized spacial score (nSPS) is 11.3. The molecule has 0 unspecified atom stereocenters. The van der Waals surface area contributed by atoms with Crippen LogP contribution in [0, 0.1) is 24.0 Å². The average Bonchev–Trinajstić information content (AvgIpc) is 2.98. The Balaban J connectivity index is 1.93. The lowest BCUT2D eigenvalue weighted by molar-refractivity contribution is -0.392. The summed E-state index contributed by atoms with van der Waals surface area (Å²) in [5.41, 5.74) is 0.771. The van der Waals surface area contributed by atoms with Crippen LogP contribution in [0.3, 0.4) is 0 Å². The molecule has 0 radical (unpaired) electrons. The van der Waals surface area contributed by atoms with Crippen molar-refractivity contribution in [2.24, 2.45) is 7.05 Å². The maximum Gasteiger partial charge on any atom is 0.395 e. The molecule has 1 N–H and O–H groups in total. The van der Waals surface area contributed by atoms with Gasteiger partial charge in [-0.1, -0.05) is 11.8 Å². The number of imidazole rings is 1. The molecule has 0 saturated heterocycles. The molecule has 23 heavy (non-hydrogen) atoms. The SMILES string of the molecule is Cc1sc2nc(CSc3c([N+](=O)[O-])ncn3C)[nH]c(=O)c2c1C. The Morgan fingerprint density at radius 3 is 2.91 bits per heavy atom. The van der Waals surface area contributed by atoms with E-state index in [0.29, 0.717) is 26.8 Å². The third-order valence-corrected chi connectivity index (χ3v) is 5.73. The molecule has 0 spiro atoms. The van der Waals surface area contributed by atoms with Crippen molar-refractivity contribution in [1.29, 1.82) is 0 Å². The summed E-state index contributed by atoms with van der Waals surface area (Å²) in [6.45, 7) is 3.85. The number of rotatable bonds is 4. The van der Waals surface area contributed by atoms with Gasteiger partial charge in [0.05, 0.1) is 11.1 Å². The second-order valence-electron chi connectivity index (χ2n) is 5.01. The van der Waals surface area contributed by atoms with Gasteiger partial charge in [-0.3, -0.25) is 4.79 Å². The first-order valence-electron chi connectivity index (χ1n) is 6.66. The van der Waals surface area contributed by atoms with E-state index in [0.717, 1.165) is 10.4 Å². The number of nitro groups is 1. The van der Waals surface area contributed by atoms with Crippen LogP contribution in [0.15, 0.2) is 16.1 Å². The molecule has 10 heteroatoms. The molecule has 0 amide bonds. The Morgan fingerprint density at radius 2 is 2.22 bits per heavy atom. The van der Waals surface area contributed by atoms with Crippen LogP contribution in [0.5, 0.6) is 0 Å². The molecule has 3 aromatic heterocycles. The summed E-state index contributed by atoms with van der Waals surface area (Å²) in [5.74, 6) is 0.620. The highest BCUT2D eigenvalue weighted by Crippen LogP contribution is 2.30. The standard InChI is InChI=1S/C13H13N5O3S2/c1-6-7(2)23-12-9(6)11(19)15-8(16-12)4-22-13-10(18(20)21)14-5-17(13)3/h5H,4H2,1-3H3,(H,15,16,19). The van der Waals surface area contributed by atoms with Crippen LogP contribution in [-0.4, -0.2) is 24.4 Å². The van der Waals surface area contributed by atoms with Crippen LogP contribution < -0.4 is 5.56 Å². The third kappa shape index (κ3) is 2.75. The van der Waals surface area contributed by atoms with E-state index in [9.17, 15) is 14.9 Å². The number of aromatic amines is 1. The minimum atomic E-state index is -0.520. The van der Waals surface area contributed by atoms with Crippen molar-refractivity contribution in [3.8, 4) is 0 Å². The van der Waals surface area contributed by atoms with Gasteiger partial charge in [-0.05, 0) is 29.3 Å². The predicted molar refractivity (Wildman–Crippen MR) is 89.1 cm³/mol. The smallest absolute Gasteiger partial charge is 0.358 e. The molecule has 0 bridgehead atoms. The quantitative estimate of drug-likeness (QED) is 0.440. The molecule has 0 saturated carbocycles. The summed E-state index contributed by atoms with van der Waals surface area (Å²) in [7, 11) is 1.69. The van der Waals surface area contributed by atoms with Crippen LogP contribution in [0.2, 0.25) is 0 Å². The molecule has 3 heterocycles.